The van der Waals surface area contributed by atoms with Gasteiger partial charge in [0, 0.05) is 24.2 Å². The van der Waals surface area contributed by atoms with Crippen molar-refractivity contribution in [3.8, 4) is 0 Å². The van der Waals surface area contributed by atoms with E-state index in [0.29, 0.717) is 24.1 Å². The maximum atomic E-state index is 14.0. The van der Waals surface area contributed by atoms with Crippen LogP contribution in [-0.4, -0.2) is 20.5 Å². The van der Waals surface area contributed by atoms with Gasteiger partial charge in [0.1, 0.15) is 5.82 Å². The fourth-order valence-electron chi connectivity index (χ4n) is 2.39. The Morgan fingerprint density at radius 3 is 2.57 bits per heavy atom. The monoisotopic (exact) mass is 312 g/mol. The highest BCUT2D eigenvalue weighted by Crippen LogP contribution is 2.31. The van der Waals surface area contributed by atoms with Crippen LogP contribution in [0.15, 0.2) is 17.0 Å². The number of nitrogens with one attached hydrogen (secondary N) is 2. The fourth-order valence-corrected chi connectivity index (χ4v) is 4.05. The van der Waals surface area contributed by atoms with E-state index in [-0.39, 0.29) is 16.5 Å². The summed E-state index contributed by atoms with van der Waals surface area (Å²) in [7, 11) is -3.65. The molecule has 6 heteroatoms. The summed E-state index contributed by atoms with van der Waals surface area (Å²) < 4.78 is 41.5. The number of sulfonamides is 1. The Hall–Kier alpha value is -0.980. The number of benzene rings is 1. The molecule has 0 aromatic heterocycles. The molecular weight excluding hydrogens is 291 g/mol. The van der Waals surface area contributed by atoms with Crippen molar-refractivity contribution in [1.29, 1.82) is 0 Å². The quantitative estimate of drug-likeness (QED) is 0.845. The van der Waals surface area contributed by atoms with Gasteiger partial charge in [-0.1, -0.05) is 6.92 Å². The number of rotatable bonds is 6. The molecule has 2 N–H and O–H groups in total. The van der Waals surface area contributed by atoms with Crippen molar-refractivity contribution < 1.29 is 12.8 Å². The van der Waals surface area contributed by atoms with Crippen LogP contribution < -0.4 is 10.0 Å². The van der Waals surface area contributed by atoms with Crippen molar-refractivity contribution in [2.24, 2.45) is 5.92 Å². The molecule has 21 heavy (non-hydrogen) atoms. The summed E-state index contributed by atoms with van der Waals surface area (Å²) in [5.41, 5.74) is 0.861. The van der Waals surface area contributed by atoms with Gasteiger partial charge < -0.3 is 5.32 Å². The van der Waals surface area contributed by atoms with Gasteiger partial charge >= 0.3 is 0 Å². The molecule has 2 unspecified atom stereocenters. The van der Waals surface area contributed by atoms with Crippen molar-refractivity contribution in [3.05, 3.63) is 29.1 Å². The predicted molar refractivity (Wildman–Crippen MR) is 78.9 cm³/mol. The van der Waals surface area contributed by atoms with E-state index in [1.165, 1.54) is 13.0 Å². The first-order valence-electron chi connectivity index (χ1n) is 7.41. The summed E-state index contributed by atoms with van der Waals surface area (Å²) in [4.78, 5) is 0.0641. The molecular formula is C15H21FN2O2S. The van der Waals surface area contributed by atoms with E-state index in [1.54, 1.807) is 6.07 Å². The van der Waals surface area contributed by atoms with Crippen molar-refractivity contribution in [2.45, 2.75) is 56.6 Å². The maximum Gasteiger partial charge on any atom is 0.241 e. The highest BCUT2D eigenvalue weighted by molar-refractivity contribution is 7.89. The number of halogens is 1. The number of hydrogen-bond donors (Lipinski definition) is 2. The molecule has 0 heterocycles. The summed E-state index contributed by atoms with van der Waals surface area (Å²) in [5.74, 6) is -0.0982. The first-order valence-corrected chi connectivity index (χ1v) is 8.90. The number of hydrogen-bond acceptors (Lipinski definition) is 3. The van der Waals surface area contributed by atoms with Crippen molar-refractivity contribution >= 4 is 10.0 Å². The zero-order valence-corrected chi connectivity index (χ0v) is 13.1. The molecule has 2 fully saturated rings. The zero-order valence-electron chi connectivity index (χ0n) is 12.3. The van der Waals surface area contributed by atoms with Crippen LogP contribution in [0.25, 0.3) is 0 Å². The minimum absolute atomic E-state index is 0.00861. The molecule has 4 nitrogen and oxygen atoms in total. The molecule has 0 bridgehead atoms. The third-order valence-electron chi connectivity index (χ3n) is 4.23. The van der Waals surface area contributed by atoms with Gasteiger partial charge in [0.15, 0.2) is 0 Å². The second-order valence-electron chi connectivity index (χ2n) is 6.30. The van der Waals surface area contributed by atoms with Gasteiger partial charge in [0.2, 0.25) is 10.0 Å². The van der Waals surface area contributed by atoms with Crippen LogP contribution in [0.2, 0.25) is 0 Å². The summed E-state index contributed by atoms with van der Waals surface area (Å²) in [6.07, 6.45) is 3.13. The van der Waals surface area contributed by atoms with Crippen LogP contribution in [-0.2, 0) is 16.6 Å². The molecule has 0 amide bonds. The smallest absolute Gasteiger partial charge is 0.241 e. The minimum atomic E-state index is -3.65. The third-order valence-corrected chi connectivity index (χ3v) is 5.85. The van der Waals surface area contributed by atoms with Gasteiger partial charge in [-0.25, -0.2) is 17.5 Å². The lowest BCUT2D eigenvalue weighted by molar-refractivity contribution is 0.570. The topological polar surface area (TPSA) is 58.2 Å². The van der Waals surface area contributed by atoms with Gasteiger partial charge in [-0.2, -0.15) is 0 Å². The Labute approximate surface area is 125 Å². The van der Waals surface area contributed by atoms with Gasteiger partial charge in [-0.15, -0.1) is 0 Å². The van der Waals surface area contributed by atoms with E-state index in [4.69, 9.17) is 0 Å². The summed E-state index contributed by atoms with van der Waals surface area (Å²) in [6.45, 7) is 4.01. The second kappa shape index (κ2) is 5.34. The first-order chi connectivity index (χ1) is 9.87. The summed E-state index contributed by atoms with van der Waals surface area (Å²) >= 11 is 0. The van der Waals surface area contributed by atoms with Gasteiger partial charge in [0.05, 0.1) is 4.90 Å². The Balaban J connectivity index is 1.84. The van der Waals surface area contributed by atoms with Crippen LogP contribution in [0.3, 0.4) is 0 Å². The molecule has 0 radical (unpaired) electrons. The van der Waals surface area contributed by atoms with Crippen LogP contribution in [0.4, 0.5) is 4.39 Å². The van der Waals surface area contributed by atoms with E-state index in [0.717, 1.165) is 19.3 Å². The molecule has 0 saturated heterocycles. The Morgan fingerprint density at radius 1 is 1.33 bits per heavy atom. The first kappa shape index (κ1) is 14.9. The maximum absolute atomic E-state index is 14.0. The van der Waals surface area contributed by atoms with E-state index in [2.05, 4.69) is 10.0 Å². The SMILES string of the molecule is Cc1c(F)cc(CNC2CC2)cc1S(=O)(=O)NC1CC1C. The average Bonchev–Trinajstić information content (AvgIpc) is 3.30. The van der Waals surface area contributed by atoms with Crippen LogP contribution in [0, 0.1) is 18.7 Å². The molecule has 2 aliphatic rings. The molecule has 116 valence electrons. The molecule has 1 aromatic carbocycles. The van der Waals surface area contributed by atoms with Crippen molar-refractivity contribution in [2.75, 3.05) is 0 Å². The molecule has 0 spiro atoms. The van der Waals surface area contributed by atoms with Gasteiger partial charge in [-0.05, 0) is 49.8 Å². The van der Waals surface area contributed by atoms with Gasteiger partial charge in [0.25, 0.3) is 0 Å². The lowest BCUT2D eigenvalue weighted by Crippen LogP contribution is -2.28. The molecule has 0 aliphatic heterocycles. The molecule has 3 rings (SSSR count). The highest BCUT2D eigenvalue weighted by atomic mass is 32.2. The fraction of sp³-hybridized carbons (Fsp3) is 0.600. The van der Waals surface area contributed by atoms with Crippen molar-refractivity contribution in [1.82, 2.24) is 10.0 Å². The molecule has 2 atom stereocenters. The largest absolute Gasteiger partial charge is 0.310 e. The normalized spacial score (nSPS) is 25.1. The zero-order chi connectivity index (χ0) is 15.2. The molecule has 2 aliphatic carbocycles. The van der Waals surface area contributed by atoms with Crippen molar-refractivity contribution in [3.63, 3.8) is 0 Å². The van der Waals surface area contributed by atoms with Crippen LogP contribution >= 0.6 is 0 Å². The summed E-state index contributed by atoms with van der Waals surface area (Å²) in [5, 5.41) is 3.28. The molecule has 1 aromatic rings. The second-order valence-corrected chi connectivity index (χ2v) is 7.98. The Bertz CT molecular complexity index is 656. The summed E-state index contributed by atoms with van der Waals surface area (Å²) in [6, 6.07) is 3.50. The third kappa shape index (κ3) is 3.44. The van der Waals surface area contributed by atoms with E-state index < -0.39 is 15.8 Å². The lowest BCUT2D eigenvalue weighted by atomic mass is 10.1. The van der Waals surface area contributed by atoms with Crippen LogP contribution in [0.5, 0.6) is 0 Å². The standard InChI is InChI=1S/C15H21FN2O2S/c1-9-5-14(9)18-21(19,20)15-7-11(6-13(16)10(15)2)8-17-12-3-4-12/h6-7,9,12,14,17-18H,3-5,8H2,1-2H3. The molecule has 2 saturated carbocycles. The van der Waals surface area contributed by atoms with E-state index in [9.17, 15) is 12.8 Å². The highest BCUT2D eigenvalue weighted by Gasteiger charge is 2.37. The van der Waals surface area contributed by atoms with E-state index in [1.807, 2.05) is 6.92 Å². The van der Waals surface area contributed by atoms with E-state index >= 15 is 0 Å². The Kier molecular flexibility index (Phi) is 3.80. The average molecular weight is 312 g/mol. The van der Waals surface area contributed by atoms with Crippen LogP contribution in [0.1, 0.15) is 37.3 Å². The predicted octanol–water partition coefficient (Wildman–Crippen LogP) is 2.07. The van der Waals surface area contributed by atoms with Gasteiger partial charge in [-0.3, -0.25) is 0 Å². The Morgan fingerprint density at radius 2 is 2.00 bits per heavy atom. The lowest BCUT2D eigenvalue weighted by Gasteiger charge is -2.12. The minimum Gasteiger partial charge on any atom is -0.310 e.